The number of hydrogen-bond donors (Lipinski definition) is 1. The Morgan fingerprint density at radius 3 is 2.73 bits per heavy atom. The van der Waals surface area contributed by atoms with Gasteiger partial charge in [0.05, 0.1) is 0 Å². The van der Waals surface area contributed by atoms with E-state index in [9.17, 15) is 8.78 Å². The van der Waals surface area contributed by atoms with Gasteiger partial charge in [0.2, 0.25) is 0 Å². The van der Waals surface area contributed by atoms with E-state index in [4.69, 9.17) is 5.11 Å². The third kappa shape index (κ3) is 1.87. The van der Waals surface area contributed by atoms with Crippen LogP contribution in [0.15, 0.2) is 29.6 Å². The summed E-state index contributed by atoms with van der Waals surface area (Å²) in [4.78, 5) is 0. The lowest BCUT2D eigenvalue weighted by Gasteiger charge is -2.13. The quantitative estimate of drug-likeness (QED) is 0.853. The number of fused-ring (bicyclic) bond motifs is 1. The van der Waals surface area contributed by atoms with Crippen LogP contribution in [0.4, 0.5) is 8.78 Å². The average Bonchev–Trinajstić information content (AvgIpc) is 2.61. The molecule has 1 nitrogen and oxygen atoms in total. The van der Waals surface area contributed by atoms with Gasteiger partial charge in [-0.05, 0) is 6.07 Å². The van der Waals surface area contributed by atoms with Crippen LogP contribution in [0.2, 0.25) is 0 Å². The molecule has 0 unspecified atom stereocenters. The zero-order valence-electron chi connectivity index (χ0n) is 7.91. The molecule has 15 heavy (non-hydrogen) atoms. The highest BCUT2D eigenvalue weighted by Crippen LogP contribution is 2.39. The lowest BCUT2D eigenvalue weighted by atomic mass is 10.1. The molecule has 1 N–H and O–H groups in total. The van der Waals surface area contributed by atoms with E-state index >= 15 is 0 Å². The van der Waals surface area contributed by atoms with Crippen molar-refractivity contribution in [1.82, 2.24) is 0 Å². The van der Waals surface area contributed by atoms with Crippen LogP contribution < -0.4 is 0 Å². The van der Waals surface area contributed by atoms with E-state index in [1.165, 1.54) is 16.7 Å². The maximum Gasteiger partial charge on any atom is 0.276 e. The number of benzene rings is 1. The molecule has 0 aliphatic heterocycles. The lowest BCUT2D eigenvalue weighted by Crippen LogP contribution is -2.14. The Morgan fingerprint density at radius 2 is 2.00 bits per heavy atom. The van der Waals surface area contributed by atoms with E-state index in [0.29, 0.717) is 5.39 Å². The van der Waals surface area contributed by atoms with Gasteiger partial charge >= 0.3 is 0 Å². The first-order valence-corrected chi connectivity index (χ1v) is 5.48. The first kappa shape index (κ1) is 10.5. The molecule has 0 aliphatic carbocycles. The molecule has 1 aromatic carbocycles. The van der Waals surface area contributed by atoms with Gasteiger partial charge in [0.25, 0.3) is 5.92 Å². The van der Waals surface area contributed by atoms with Crippen molar-refractivity contribution in [3.63, 3.8) is 0 Å². The van der Waals surface area contributed by atoms with Gasteiger partial charge in [-0.15, -0.1) is 11.3 Å². The van der Waals surface area contributed by atoms with Crippen LogP contribution in [0.1, 0.15) is 12.0 Å². The number of thiophene rings is 1. The van der Waals surface area contributed by atoms with Gasteiger partial charge in [0.15, 0.2) is 0 Å². The Labute approximate surface area is 90.0 Å². The molecule has 1 aromatic heterocycles. The van der Waals surface area contributed by atoms with Crippen molar-refractivity contribution in [2.75, 3.05) is 6.61 Å². The van der Waals surface area contributed by atoms with Crippen molar-refractivity contribution >= 4 is 21.4 Å². The summed E-state index contributed by atoms with van der Waals surface area (Å²) in [6.07, 6.45) is -0.520. The molecule has 0 saturated heterocycles. The monoisotopic (exact) mass is 228 g/mol. The molecule has 0 amide bonds. The van der Waals surface area contributed by atoms with Crippen LogP contribution >= 0.6 is 11.3 Å². The molecule has 0 radical (unpaired) electrons. The minimum atomic E-state index is -2.94. The van der Waals surface area contributed by atoms with Crippen molar-refractivity contribution in [1.29, 1.82) is 0 Å². The van der Waals surface area contributed by atoms with Crippen LogP contribution in [0, 0.1) is 0 Å². The Bertz CT molecular complexity index is 464. The first-order valence-electron chi connectivity index (χ1n) is 4.60. The molecule has 2 aromatic rings. The van der Waals surface area contributed by atoms with E-state index in [-0.39, 0.29) is 5.56 Å². The van der Waals surface area contributed by atoms with Gasteiger partial charge in [-0.25, -0.2) is 8.78 Å². The van der Waals surface area contributed by atoms with Crippen molar-refractivity contribution in [3.05, 3.63) is 35.2 Å². The first-order chi connectivity index (χ1) is 7.15. The Morgan fingerprint density at radius 1 is 1.27 bits per heavy atom. The molecule has 0 saturated carbocycles. The van der Waals surface area contributed by atoms with Gasteiger partial charge < -0.3 is 5.11 Å². The fourth-order valence-electron chi connectivity index (χ4n) is 1.54. The van der Waals surface area contributed by atoms with Crippen molar-refractivity contribution < 1.29 is 13.9 Å². The van der Waals surface area contributed by atoms with Crippen molar-refractivity contribution in [3.8, 4) is 0 Å². The van der Waals surface area contributed by atoms with Gasteiger partial charge in [0.1, 0.15) is 0 Å². The molecule has 0 aliphatic rings. The summed E-state index contributed by atoms with van der Waals surface area (Å²) in [7, 11) is 0. The summed E-state index contributed by atoms with van der Waals surface area (Å²) in [5.74, 6) is -2.94. The molecule has 1 heterocycles. The summed E-state index contributed by atoms with van der Waals surface area (Å²) in [6.45, 7) is -0.503. The predicted molar refractivity (Wildman–Crippen MR) is 57.4 cm³/mol. The standard InChI is InChI=1S/C11H10F2OS/c12-11(13,5-6-14)9-7-15-10-4-2-1-3-8(9)10/h1-4,7,14H,5-6H2. The van der Waals surface area contributed by atoms with Crippen LogP contribution in [-0.4, -0.2) is 11.7 Å². The fraction of sp³-hybridized carbons (Fsp3) is 0.273. The minimum Gasteiger partial charge on any atom is -0.396 e. The van der Waals surface area contributed by atoms with E-state index in [0.717, 1.165) is 4.70 Å². The zero-order chi connectivity index (χ0) is 10.9. The Kier molecular flexibility index (Phi) is 2.71. The molecular weight excluding hydrogens is 218 g/mol. The van der Waals surface area contributed by atoms with E-state index in [2.05, 4.69) is 0 Å². The molecule has 0 fully saturated rings. The average molecular weight is 228 g/mol. The van der Waals surface area contributed by atoms with Gasteiger partial charge in [-0.3, -0.25) is 0 Å². The summed E-state index contributed by atoms with van der Waals surface area (Å²) < 4.78 is 28.0. The second kappa shape index (κ2) is 3.87. The number of aliphatic hydroxyl groups excluding tert-OH is 1. The molecule has 0 atom stereocenters. The Balaban J connectivity index is 2.52. The molecule has 4 heteroatoms. The minimum absolute atomic E-state index is 0.0251. The molecule has 2 rings (SSSR count). The molecule has 80 valence electrons. The van der Waals surface area contributed by atoms with Crippen LogP contribution in [-0.2, 0) is 5.92 Å². The SMILES string of the molecule is OCCC(F)(F)c1csc2ccccc12. The Hall–Kier alpha value is -1.00. The smallest absolute Gasteiger partial charge is 0.276 e. The second-order valence-electron chi connectivity index (χ2n) is 3.32. The largest absolute Gasteiger partial charge is 0.396 e. The predicted octanol–water partition coefficient (Wildman–Crippen LogP) is 3.38. The zero-order valence-corrected chi connectivity index (χ0v) is 8.73. The maximum atomic E-state index is 13.6. The number of hydrogen-bond acceptors (Lipinski definition) is 2. The van der Waals surface area contributed by atoms with Crippen LogP contribution in [0.3, 0.4) is 0 Å². The summed E-state index contributed by atoms with van der Waals surface area (Å²) >= 11 is 1.31. The highest BCUT2D eigenvalue weighted by atomic mass is 32.1. The van der Waals surface area contributed by atoms with Crippen LogP contribution in [0.5, 0.6) is 0 Å². The second-order valence-corrected chi connectivity index (χ2v) is 4.23. The summed E-state index contributed by atoms with van der Waals surface area (Å²) in [6, 6.07) is 7.07. The van der Waals surface area contributed by atoms with E-state index in [1.807, 2.05) is 12.1 Å². The number of rotatable bonds is 3. The van der Waals surface area contributed by atoms with Gasteiger partial charge in [0, 0.05) is 34.1 Å². The highest BCUT2D eigenvalue weighted by molar-refractivity contribution is 7.17. The lowest BCUT2D eigenvalue weighted by molar-refractivity contribution is -0.0252. The van der Waals surface area contributed by atoms with Crippen molar-refractivity contribution in [2.45, 2.75) is 12.3 Å². The molecular formula is C11H10F2OS. The fourth-order valence-corrected chi connectivity index (χ4v) is 2.54. The molecule has 0 bridgehead atoms. The maximum absolute atomic E-state index is 13.6. The van der Waals surface area contributed by atoms with Gasteiger partial charge in [-0.2, -0.15) is 0 Å². The van der Waals surface area contributed by atoms with Crippen molar-refractivity contribution in [2.24, 2.45) is 0 Å². The highest BCUT2D eigenvalue weighted by Gasteiger charge is 2.33. The number of halogens is 2. The normalized spacial score (nSPS) is 12.2. The topological polar surface area (TPSA) is 20.2 Å². The number of aliphatic hydroxyl groups is 1. The third-order valence-corrected chi connectivity index (χ3v) is 3.26. The van der Waals surface area contributed by atoms with E-state index in [1.54, 1.807) is 12.1 Å². The van der Waals surface area contributed by atoms with Crippen LogP contribution in [0.25, 0.3) is 10.1 Å². The summed E-state index contributed by atoms with van der Waals surface area (Å²) in [5.41, 5.74) is 0.0251. The van der Waals surface area contributed by atoms with Gasteiger partial charge in [-0.1, -0.05) is 18.2 Å². The number of alkyl halides is 2. The summed E-state index contributed by atoms with van der Waals surface area (Å²) in [5, 5.41) is 10.7. The third-order valence-electron chi connectivity index (χ3n) is 2.30. The van der Waals surface area contributed by atoms with E-state index < -0.39 is 19.0 Å². The molecule has 0 spiro atoms.